The predicted octanol–water partition coefficient (Wildman–Crippen LogP) is 0.816. The van der Waals surface area contributed by atoms with Crippen molar-refractivity contribution in [3.05, 3.63) is 23.8 Å². The van der Waals surface area contributed by atoms with Crippen LogP contribution in [-0.4, -0.2) is 30.7 Å². The SMILES string of the molecule is CCOC(=O)c1c(O)cccc1S(=O)(=O)O. The monoisotopic (exact) mass is 246 g/mol. The number of aromatic hydroxyl groups is 1. The van der Waals surface area contributed by atoms with Crippen LogP contribution in [0, 0.1) is 0 Å². The Bertz CT molecular complexity index is 505. The van der Waals surface area contributed by atoms with Crippen LogP contribution in [0.2, 0.25) is 0 Å². The third kappa shape index (κ3) is 2.50. The van der Waals surface area contributed by atoms with E-state index >= 15 is 0 Å². The zero-order chi connectivity index (χ0) is 12.3. The highest BCUT2D eigenvalue weighted by Crippen LogP contribution is 2.25. The number of ether oxygens (including phenoxy) is 1. The number of benzene rings is 1. The molecule has 16 heavy (non-hydrogen) atoms. The van der Waals surface area contributed by atoms with Crippen LogP contribution in [0.5, 0.6) is 5.75 Å². The second-order valence-corrected chi connectivity index (χ2v) is 4.24. The van der Waals surface area contributed by atoms with Gasteiger partial charge < -0.3 is 9.84 Å². The quantitative estimate of drug-likeness (QED) is 0.604. The first-order chi connectivity index (χ1) is 7.38. The highest BCUT2D eigenvalue weighted by atomic mass is 32.2. The molecule has 0 aliphatic rings. The zero-order valence-corrected chi connectivity index (χ0v) is 9.19. The van der Waals surface area contributed by atoms with Crippen LogP contribution in [0.15, 0.2) is 23.1 Å². The third-order valence-corrected chi connectivity index (χ3v) is 2.66. The van der Waals surface area contributed by atoms with Gasteiger partial charge in [0.1, 0.15) is 16.2 Å². The summed E-state index contributed by atoms with van der Waals surface area (Å²) >= 11 is 0. The molecule has 88 valence electrons. The van der Waals surface area contributed by atoms with Crippen molar-refractivity contribution in [2.75, 3.05) is 6.61 Å². The molecule has 0 atom stereocenters. The van der Waals surface area contributed by atoms with Gasteiger partial charge in [0.15, 0.2) is 0 Å². The summed E-state index contributed by atoms with van der Waals surface area (Å²) in [5.41, 5.74) is -0.563. The number of phenols is 1. The van der Waals surface area contributed by atoms with Gasteiger partial charge in [-0.15, -0.1) is 0 Å². The first kappa shape index (κ1) is 12.5. The Morgan fingerprint density at radius 1 is 1.44 bits per heavy atom. The number of esters is 1. The standard InChI is InChI=1S/C9H10O6S/c1-2-15-9(11)8-6(10)4-3-5-7(8)16(12,13)14/h3-5,10H,2H2,1H3,(H,12,13,14). The molecule has 0 radical (unpaired) electrons. The van der Waals surface area contributed by atoms with Crippen molar-refractivity contribution in [3.8, 4) is 5.75 Å². The van der Waals surface area contributed by atoms with Gasteiger partial charge in [-0.25, -0.2) is 4.79 Å². The molecule has 1 aromatic rings. The van der Waals surface area contributed by atoms with E-state index < -0.39 is 32.3 Å². The third-order valence-electron chi connectivity index (χ3n) is 1.76. The topological polar surface area (TPSA) is 101 Å². The van der Waals surface area contributed by atoms with E-state index in [9.17, 15) is 18.3 Å². The van der Waals surface area contributed by atoms with Crippen molar-refractivity contribution < 1.29 is 27.6 Å². The predicted molar refractivity (Wildman–Crippen MR) is 53.9 cm³/mol. The van der Waals surface area contributed by atoms with Crippen LogP contribution < -0.4 is 0 Å². The molecule has 0 saturated heterocycles. The molecule has 0 amide bonds. The average Bonchev–Trinajstić information content (AvgIpc) is 2.16. The first-order valence-corrected chi connectivity index (χ1v) is 5.78. The lowest BCUT2D eigenvalue weighted by Gasteiger charge is -2.07. The fraction of sp³-hybridized carbons (Fsp3) is 0.222. The van der Waals surface area contributed by atoms with E-state index in [1.807, 2.05) is 0 Å². The Kier molecular flexibility index (Phi) is 3.51. The Morgan fingerprint density at radius 2 is 2.06 bits per heavy atom. The summed E-state index contributed by atoms with van der Waals surface area (Å²) in [5.74, 6) is -1.57. The minimum absolute atomic E-state index is 0.0259. The molecular weight excluding hydrogens is 236 g/mol. The molecule has 0 bridgehead atoms. The summed E-state index contributed by atoms with van der Waals surface area (Å²) in [6, 6.07) is 3.32. The van der Waals surface area contributed by atoms with E-state index in [-0.39, 0.29) is 6.61 Å². The first-order valence-electron chi connectivity index (χ1n) is 4.34. The molecule has 1 rings (SSSR count). The molecule has 0 unspecified atom stereocenters. The van der Waals surface area contributed by atoms with Crippen molar-refractivity contribution >= 4 is 16.1 Å². The van der Waals surface area contributed by atoms with Gasteiger partial charge in [-0.3, -0.25) is 4.55 Å². The lowest BCUT2D eigenvalue weighted by Crippen LogP contribution is -2.11. The van der Waals surface area contributed by atoms with Gasteiger partial charge in [-0.05, 0) is 19.1 Å². The van der Waals surface area contributed by atoms with Crippen molar-refractivity contribution in [1.82, 2.24) is 0 Å². The summed E-state index contributed by atoms with van der Waals surface area (Å²) in [6.45, 7) is 1.56. The van der Waals surface area contributed by atoms with Gasteiger partial charge in [0.25, 0.3) is 10.1 Å². The summed E-state index contributed by atoms with van der Waals surface area (Å²) < 4.78 is 35.3. The van der Waals surface area contributed by atoms with E-state index in [1.165, 1.54) is 13.0 Å². The molecule has 0 fully saturated rings. The molecule has 0 heterocycles. The summed E-state index contributed by atoms with van der Waals surface area (Å²) in [7, 11) is -4.58. The minimum Gasteiger partial charge on any atom is -0.507 e. The van der Waals surface area contributed by atoms with Crippen LogP contribution in [-0.2, 0) is 14.9 Å². The van der Waals surface area contributed by atoms with Crippen molar-refractivity contribution in [2.24, 2.45) is 0 Å². The van der Waals surface area contributed by atoms with Gasteiger partial charge in [0.05, 0.1) is 6.61 Å². The van der Waals surface area contributed by atoms with Crippen LogP contribution in [0.3, 0.4) is 0 Å². The molecule has 0 aromatic heterocycles. The minimum atomic E-state index is -4.58. The molecule has 0 saturated carbocycles. The van der Waals surface area contributed by atoms with Gasteiger partial charge in [0.2, 0.25) is 0 Å². The average molecular weight is 246 g/mol. The fourth-order valence-electron chi connectivity index (χ4n) is 1.14. The maximum Gasteiger partial charge on any atom is 0.343 e. The number of hydrogen-bond acceptors (Lipinski definition) is 5. The number of hydrogen-bond donors (Lipinski definition) is 2. The van der Waals surface area contributed by atoms with Crippen molar-refractivity contribution in [2.45, 2.75) is 11.8 Å². The Morgan fingerprint density at radius 3 is 2.56 bits per heavy atom. The van der Waals surface area contributed by atoms with E-state index in [4.69, 9.17) is 4.55 Å². The molecule has 0 spiro atoms. The van der Waals surface area contributed by atoms with Gasteiger partial charge in [0, 0.05) is 0 Å². The van der Waals surface area contributed by atoms with Gasteiger partial charge in [-0.1, -0.05) is 6.07 Å². The van der Waals surface area contributed by atoms with E-state index in [1.54, 1.807) is 0 Å². The Balaban J connectivity index is 3.41. The number of carbonyl (C=O) groups is 1. The Labute approximate surface area is 92.2 Å². The largest absolute Gasteiger partial charge is 0.507 e. The van der Waals surface area contributed by atoms with E-state index in [2.05, 4.69) is 4.74 Å². The number of phenolic OH excluding ortho intramolecular Hbond substituents is 1. The summed E-state index contributed by atoms with van der Waals surface area (Å²) in [5, 5.41) is 9.38. The highest BCUT2D eigenvalue weighted by Gasteiger charge is 2.24. The maximum atomic E-state index is 11.4. The molecule has 1 aromatic carbocycles. The molecule has 0 aliphatic carbocycles. The lowest BCUT2D eigenvalue weighted by atomic mass is 10.2. The lowest BCUT2D eigenvalue weighted by molar-refractivity contribution is 0.0518. The number of carbonyl (C=O) groups excluding carboxylic acids is 1. The van der Waals surface area contributed by atoms with Crippen LogP contribution in [0.1, 0.15) is 17.3 Å². The smallest absolute Gasteiger partial charge is 0.343 e. The molecule has 2 N–H and O–H groups in total. The van der Waals surface area contributed by atoms with Crippen LogP contribution in [0.4, 0.5) is 0 Å². The van der Waals surface area contributed by atoms with Crippen molar-refractivity contribution in [1.29, 1.82) is 0 Å². The van der Waals surface area contributed by atoms with Crippen LogP contribution >= 0.6 is 0 Å². The van der Waals surface area contributed by atoms with E-state index in [0.717, 1.165) is 12.1 Å². The molecule has 0 aliphatic heterocycles. The number of rotatable bonds is 3. The maximum absolute atomic E-state index is 11.4. The zero-order valence-electron chi connectivity index (χ0n) is 8.37. The summed E-state index contributed by atoms with van der Waals surface area (Å²) in [6.07, 6.45) is 0. The normalized spacial score (nSPS) is 11.1. The van der Waals surface area contributed by atoms with Crippen molar-refractivity contribution in [3.63, 3.8) is 0 Å². The second-order valence-electron chi connectivity index (χ2n) is 2.85. The molecule has 6 nitrogen and oxygen atoms in total. The molecule has 7 heteroatoms. The van der Waals surface area contributed by atoms with Gasteiger partial charge >= 0.3 is 5.97 Å². The summed E-state index contributed by atoms with van der Waals surface area (Å²) in [4.78, 5) is 10.7. The highest BCUT2D eigenvalue weighted by molar-refractivity contribution is 7.86. The van der Waals surface area contributed by atoms with E-state index in [0.29, 0.717) is 0 Å². The Hall–Kier alpha value is -1.60. The fourth-order valence-corrected chi connectivity index (χ4v) is 1.84. The second kappa shape index (κ2) is 4.50. The molecular formula is C9H10O6S. The van der Waals surface area contributed by atoms with Gasteiger partial charge in [-0.2, -0.15) is 8.42 Å². The van der Waals surface area contributed by atoms with Crippen LogP contribution in [0.25, 0.3) is 0 Å².